The van der Waals surface area contributed by atoms with E-state index in [0.717, 1.165) is 12.8 Å². The molecule has 0 saturated heterocycles. The van der Waals surface area contributed by atoms with Crippen molar-refractivity contribution < 1.29 is 9.59 Å². The molecule has 0 aliphatic rings. The summed E-state index contributed by atoms with van der Waals surface area (Å²) in [5.41, 5.74) is 0. The normalized spacial score (nSPS) is 12.2. The van der Waals surface area contributed by atoms with Gasteiger partial charge in [0, 0.05) is 5.92 Å². The number of carbonyl (C=O) groups is 2. The lowest BCUT2D eigenvalue weighted by Gasteiger charge is -2.07. The van der Waals surface area contributed by atoms with Crippen LogP contribution in [-0.2, 0) is 9.59 Å². The molecule has 0 saturated carbocycles. The summed E-state index contributed by atoms with van der Waals surface area (Å²) >= 11 is 0. The van der Waals surface area contributed by atoms with Crippen molar-refractivity contribution in [2.45, 2.75) is 46.0 Å². The van der Waals surface area contributed by atoms with E-state index >= 15 is 0 Å². The highest BCUT2D eigenvalue weighted by Crippen LogP contribution is 2.09. The van der Waals surface area contributed by atoms with Gasteiger partial charge in [-0.05, 0) is 6.42 Å². The van der Waals surface area contributed by atoms with Gasteiger partial charge in [-0.2, -0.15) is 0 Å². The highest BCUT2D eigenvalue weighted by atomic mass is 16.2. The molecule has 3 heteroatoms. The van der Waals surface area contributed by atoms with Crippen molar-refractivity contribution in [3.05, 3.63) is 0 Å². The highest BCUT2D eigenvalue weighted by Gasteiger charge is 2.10. The second-order valence-electron chi connectivity index (χ2n) is 3.38. The van der Waals surface area contributed by atoms with E-state index in [0.29, 0.717) is 6.41 Å². The molecule has 0 aliphatic carbocycles. The Hall–Kier alpha value is -0.860. The monoisotopic (exact) mass is 185 g/mol. The summed E-state index contributed by atoms with van der Waals surface area (Å²) < 4.78 is 0. The van der Waals surface area contributed by atoms with Crippen molar-refractivity contribution >= 4 is 12.3 Å². The maximum absolute atomic E-state index is 11.1. The van der Waals surface area contributed by atoms with Gasteiger partial charge in [-0.3, -0.25) is 14.9 Å². The van der Waals surface area contributed by atoms with Gasteiger partial charge in [-0.25, -0.2) is 0 Å². The van der Waals surface area contributed by atoms with Crippen LogP contribution in [0.25, 0.3) is 0 Å². The third-order valence-corrected chi connectivity index (χ3v) is 2.14. The summed E-state index contributed by atoms with van der Waals surface area (Å²) in [4.78, 5) is 21.0. The first-order valence-corrected chi connectivity index (χ1v) is 4.96. The molecule has 0 fully saturated rings. The van der Waals surface area contributed by atoms with E-state index in [1.807, 2.05) is 6.92 Å². The Morgan fingerprint density at radius 2 is 2.08 bits per heavy atom. The minimum Gasteiger partial charge on any atom is -0.299 e. The molecule has 3 nitrogen and oxygen atoms in total. The molecule has 1 unspecified atom stereocenters. The Bertz CT molecular complexity index is 157. The van der Waals surface area contributed by atoms with Crippen molar-refractivity contribution in [2.75, 3.05) is 0 Å². The van der Waals surface area contributed by atoms with Crippen molar-refractivity contribution in [1.29, 1.82) is 0 Å². The standard InChI is InChI=1S/C10H19NO2/c1-3-4-5-6-7-9(2)10(13)11-8-12/h8-9H,3-7H2,1-2H3,(H,11,12,13). The Kier molecular flexibility index (Phi) is 7.26. The molecule has 1 N–H and O–H groups in total. The predicted molar refractivity (Wildman–Crippen MR) is 52.1 cm³/mol. The van der Waals surface area contributed by atoms with Crippen molar-refractivity contribution in [3.8, 4) is 0 Å². The van der Waals surface area contributed by atoms with Gasteiger partial charge in [-0.15, -0.1) is 0 Å². The van der Waals surface area contributed by atoms with E-state index in [4.69, 9.17) is 0 Å². The first-order chi connectivity index (χ1) is 6.22. The zero-order valence-corrected chi connectivity index (χ0v) is 8.51. The molecule has 0 heterocycles. The lowest BCUT2D eigenvalue weighted by Crippen LogP contribution is -2.27. The van der Waals surface area contributed by atoms with Crippen LogP contribution in [-0.4, -0.2) is 12.3 Å². The van der Waals surface area contributed by atoms with Crippen molar-refractivity contribution in [1.82, 2.24) is 5.32 Å². The molecule has 0 radical (unpaired) electrons. The van der Waals surface area contributed by atoms with Crippen molar-refractivity contribution in [3.63, 3.8) is 0 Å². The van der Waals surface area contributed by atoms with Crippen LogP contribution in [0.2, 0.25) is 0 Å². The quantitative estimate of drug-likeness (QED) is 0.486. The van der Waals surface area contributed by atoms with Gasteiger partial charge in [0.15, 0.2) is 0 Å². The summed E-state index contributed by atoms with van der Waals surface area (Å²) in [5.74, 6) is -0.200. The minimum atomic E-state index is -0.161. The third kappa shape index (κ3) is 6.31. The van der Waals surface area contributed by atoms with Gasteiger partial charge in [-0.1, -0.05) is 39.5 Å². The number of imide groups is 1. The topological polar surface area (TPSA) is 46.2 Å². The van der Waals surface area contributed by atoms with Gasteiger partial charge in [0.05, 0.1) is 0 Å². The van der Waals surface area contributed by atoms with Gasteiger partial charge in [0.25, 0.3) is 0 Å². The van der Waals surface area contributed by atoms with Crippen LogP contribution in [0, 0.1) is 5.92 Å². The molecule has 0 aliphatic heterocycles. The second kappa shape index (κ2) is 7.77. The fourth-order valence-corrected chi connectivity index (χ4v) is 1.21. The van der Waals surface area contributed by atoms with E-state index in [1.165, 1.54) is 19.3 Å². The molecule has 0 spiro atoms. The van der Waals surface area contributed by atoms with Crippen LogP contribution in [0.5, 0.6) is 0 Å². The van der Waals surface area contributed by atoms with Crippen LogP contribution in [0.4, 0.5) is 0 Å². The largest absolute Gasteiger partial charge is 0.299 e. The molecule has 2 amide bonds. The molecule has 1 atom stereocenters. The maximum Gasteiger partial charge on any atom is 0.229 e. The fraction of sp³-hybridized carbons (Fsp3) is 0.800. The first-order valence-electron chi connectivity index (χ1n) is 4.96. The van der Waals surface area contributed by atoms with Crippen LogP contribution in [0.1, 0.15) is 46.0 Å². The minimum absolute atomic E-state index is 0.0398. The Morgan fingerprint density at radius 3 is 2.62 bits per heavy atom. The summed E-state index contributed by atoms with van der Waals surface area (Å²) in [6.45, 7) is 4.01. The van der Waals surface area contributed by atoms with E-state index in [2.05, 4.69) is 12.2 Å². The number of nitrogens with one attached hydrogen (secondary N) is 1. The van der Waals surface area contributed by atoms with Crippen LogP contribution >= 0.6 is 0 Å². The summed E-state index contributed by atoms with van der Waals surface area (Å²) in [6, 6.07) is 0. The Morgan fingerprint density at radius 1 is 1.38 bits per heavy atom. The van der Waals surface area contributed by atoms with Gasteiger partial charge >= 0.3 is 0 Å². The Balaban J connectivity index is 3.43. The van der Waals surface area contributed by atoms with E-state index in [-0.39, 0.29) is 11.8 Å². The summed E-state index contributed by atoms with van der Waals surface area (Å²) in [7, 11) is 0. The first kappa shape index (κ1) is 12.1. The van der Waals surface area contributed by atoms with Gasteiger partial charge in [0.2, 0.25) is 12.3 Å². The third-order valence-electron chi connectivity index (χ3n) is 2.14. The molecule has 0 aromatic carbocycles. The molecule has 76 valence electrons. The molecular weight excluding hydrogens is 166 g/mol. The molecule has 0 aromatic rings. The molecule has 13 heavy (non-hydrogen) atoms. The van der Waals surface area contributed by atoms with Crippen LogP contribution in [0.3, 0.4) is 0 Å². The average molecular weight is 185 g/mol. The fourth-order valence-electron chi connectivity index (χ4n) is 1.21. The molecule has 0 bridgehead atoms. The van der Waals surface area contributed by atoms with Crippen LogP contribution in [0.15, 0.2) is 0 Å². The zero-order valence-electron chi connectivity index (χ0n) is 8.51. The molecule has 0 aromatic heterocycles. The number of amides is 2. The van der Waals surface area contributed by atoms with E-state index in [9.17, 15) is 9.59 Å². The number of rotatable bonds is 7. The lowest BCUT2D eigenvalue weighted by atomic mass is 10.0. The smallest absolute Gasteiger partial charge is 0.229 e. The summed E-state index contributed by atoms with van der Waals surface area (Å²) in [6.07, 6.45) is 6.00. The second-order valence-corrected chi connectivity index (χ2v) is 3.38. The number of unbranched alkanes of at least 4 members (excludes halogenated alkanes) is 3. The van der Waals surface area contributed by atoms with Gasteiger partial charge in [0.1, 0.15) is 0 Å². The van der Waals surface area contributed by atoms with E-state index < -0.39 is 0 Å². The highest BCUT2D eigenvalue weighted by molar-refractivity contribution is 5.87. The van der Waals surface area contributed by atoms with Gasteiger partial charge < -0.3 is 0 Å². The molecular formula is C10H19NO2. The molecule has 0 rings (SSSR count). The number of hydrogen-bond donors (Lipinski definition) is 1. The predicted octanol–water partition coefficient (Wildman–Crippen LogP) is 1.87. The van der Waals surface area contributed by atoms with Crippen molar-refractivity contribution in [2.24, 2.45) is 5.92 Å². The van der Waals surface area contributed by atoms with E-state index in [1.54, 1.807) is 0 Å². The SMILES string of the molecule is CCCCCCC(C)C(=O)NC=O. The Labute approximate surface area is 79.9 Å². The zero-order chi connectivity index (χ0) is 10.1. The number of hydrogen-bond acceptors (Lipinski definition) is 2. The number of carbonyl (C=O) groups excluding carboxylic acids is 2. The average Bonchev–Trinajstić information content (AvgIpc) is 2.12. The maximum atomic E-state index is 11.1. The summed E-state index contributed by atoms with van der Waals surface area (Å²) in [5, 5.41) is 2.17. The lowest BCUT2D eigenvalue weighted by molar-refractivity contribution is -0.128. The van der Waals surface area contributed by atoms with Crippen LogP contribution < -0.4 is 5.32 Å².